The average molecular weight is 655 g/mol. The van der Waals surface area contributed by atoms with Crippen molar-refractivity contribution in [3.63, 3.8) is 0 Å². The van der Waals surface area contributed by atoms with E-state index in [2.05, 4.69) is 22.6 Å². The summed E-state index contributed by atoms with van der Waals surface area (Å²) in [6, 6.07) is 0. The predicted octanol–water partition coefficient (Wildman–Crippen LogP) is 1.15. The molecule has 0 aromatic carbocycles. The summed E-state index contributed by atoms with van der Waals surface area (Å²) in [5.41, 5.74) is 0. The van der Waals surface area contributed by atoms with Crippen molar-refractivity contribution in [2.75, 3.05) is 143 Å². The topological polar surface area (TPSA) is 119 Å². The van der Waals surface area contributed by atoms with Crippen molar-refractivity contribution in [3.8, 4) is 0 Å². The number of rotatable bonds is 32. The van der Waals surface area contributed by atoms with Gasteiger partial charge in [-0.2, -0.15) is 0 Å². The molecule has 0 saturated carbocycles. The van der Waals surface area contributed by atoms with E-state index in [1.54, 1.807) is 0 Å². The molecule has 222 valence electrons. The summed E-state index contributed by atoms with van der Waals surface area (Å²) in [5.74, 6) is -0.309. The zero-order valence-electron chi connectivity index (χ0n) is 22.3. The molecule has 0 fully saturated rings. The number of carbonyl (C=O) groups is 1. The van der Waals surface area contributed by atoms with E-state index in [1.165, 1.54) is 6.92 Å². The fraction of sp³-hybridized carbons (Fsp3) is 0.958. The maximum absolute atomic E-state index is 10.6. The minimum absolute atomic E-state index is 0.262. The summed E-state index contributed by atoms with van der Waals surface area (Å²) >= 11 is 2.27. The van der Waals surface area contributed by atoms with E-state index in [9.17, 15) is 4.79 Å². The van der Waals surface area contributed by atoms with E-state index in [0.29, 0.717) is 126 Å². The zero-order valence-corrected chi connectivity index (χ0v) is 24.5. The van der Waals surface area contributed by atoms with Gasteiger partial charge < -0.3 is 52.1 Å². The highest BCUT2D eigenvalue weighted by Crippen LogP contribution is 1.87. The van der Waals surface area contributed by atoms with Crippen molar-refractivity contribution in [1.82, 2.24) is 0 Å². The van der Waals surface area contributed by atoms with Crippen LogP contribution in [0.1, 0.15) is 6.92 Å². The third-order valence-corrected chi connectivity index (χ3v) is 4.54. The van der Waals surface area contributed by atoms with Crippen LogP contribution >= 0.6 is 22.6 Å². The average Bonchev–Trinajstić information content (AvgIpc) is 2.89. The number of hydrogen-bond donors (Lipinski definition) is 0. The Bertz CT molecular complexity index is 448. The second-order valence-corrected chi connectivity index (χ2v) is 8.23. The number of esters is 1. The summed E-state index contributed by atoms with van der Waals surface area (Å²) in [5, 5.41) is 0. The first kappa shape index (κ1) is 36.8. The largest absolute Gasteiger partial charge is 0.463 e. The van der Waals surface area contributed by atoms with Crippen LogP contribution in [0.15, 0.2) is 0 Å². The first-order valence-electron chi connectivity index (χ1n) is 12.7. The molecule has 0 aromatic heterocycles. The Labute approximate surface area is 235 Å². The third-order valence-electron chi connectivity index (χ3n) is 4.10. The van der Waals surface area contributed by atoms with Crippen molar-refractivity contribution < 1.29 is 56.9 Å². The van der Waals surface area contributed by atoms with Gasteiger partial charge in [0.2, 0.25) is 0 Å². The lowest BCUT2D eigenvalue weighted by Gasteiger charge is -2.09. The Morgan fingerprint density at radius 2 is 0.568 bits per heavy atom. The van der Waals surface area contributed by atoms with E-state index in [-0.39, 0.29) is 12.6 Å². The first-order valence-corrected chi connectivity index (χ1v) is 14.3. The van der Waals surface area contributed by atoms with Gasteiger partial charge in [0.1, 0.15) is 6.61 Å². The van der Waals surface area contributed by atoms with Crippen LogP contribution < -0.4 is 0 Å². The minimum Gasteiger partial charge on any atom is -0.463 e. The molecule has 0 bridgehead atoms. The van der Waals surface area contributed by atoms with Gasteiger partial charge in [0.05, 0.1) is 132 Å². The molecule has 0 aliphatic carbocycles. The van der Waals surface area contributed by atoms with E-state index >= 15 is 0 Å². The van der Waals surface area contributed by atoms with E-state index in [4.69, 9.17) is 52.1 Å². The van der Waals surface area contributed by atoms with Gasteiger partial charge in [-0.1, -0.05) is 22.6 Å². The Morgan fingerprint density at radius 3 is 0.757 bits per heavy atom. The smallest absolute Gasteiger partial charge is 0.302 e. The molecular weight excluding hydrogens is 607 g/mol. The standard InChI is InChI=1S/C24H47IO12/c1-24(26)37-23-22-36-21-20-35-19-18-34-17-16-33-15-14-32-13-12-31-11-10-30-9-8-29-7-6-28-5-4-27-3-2-25/h2-23H2,1H3. The number of carbonyl (C=O) groups excluding carboxylic acids is 1. The molecule has 0 amide bonds. The molecule has 0 spiro atoms. The third kappa shape index (κ3) is 35.8. The van der Waals surface area contributed by atoms with Gasteiger partial charge in [0.25, 0.3) is 0 Å². The van der Waals surface area contributed by atoms with Crippen LogP contribution in [-0.4, -0.2) is 149 Å². The highest BCUT2D eigenvalue weighted by atomic mass is 127. The van der Waals surface area contributed by atoms with E-state index < -0.39 is 0 Å². The van der Waals surface area contributed by atoms with Crippen molar-refractivity contribution >= 4 is 28.6 Å². The molecule has 0 aliphatic heterocycles. The van der Waals surface area contributed by atoms with Crippen LogP contribution in [0.2, 0.25) is 0 Å². The van der Waals surface area contributed by atoms with Crippen molar-refractivity contribution in [2.45, 2.75) is 6.92 Å². The highest BCUT2D eigenvalue weighted by Gasteiger charge is 1.96. The molecule has 12 nitrogen and oxygen atoms in total. The van der Waals surface area contributed by atoms with Gasteiger partial charge in [-0.05, 0) is 0 Å². The predicted molar refractivity (Wildman–Crippen MR) is 144 cm³/mol. The Morgan fingerprint density at radius 1 is 0.378 bits per heavy atom. The molecule has 0 heterocycles. The van der Waals surface area contributed by atoms with E-state index in [0.717, 1.165) is 11.0 Å². The molecule has 0 aliphatic rings. The maximum Gasteiger partial charge on any atom is 0.302 e. The molecule has 0 rings (SSSR count). The molecule has 0 atom stereocenters. The van der Waals surface area contributed by atoms with Crippen molar-refractivity contribution in [3.05, 3.63) is 0 Å². The molecule has 0 N–H and O–H groups in total. The Kier molecular flexibility index (Phi) is 33.6. The van der Waals surface area contributed by atoms with Crippen LogP contribution in [0.3, 0.4) is 0 Å². The fourth-order valence-electron chi connectivity index (χ4n) is 2.38. The number of ether oxygens (including phenoxy) is 11. The summed E-state index contributed by atoms with van der Waals surface area (Å²) in [4.78, 5) is 10.6. The quantitative estimate of drug-likeness (QED) is 0.0448. The minimum atomic E-state index is -0.309. The number of halogens is 1. The molecule has 0 radical (unpaired) electrons. The molecule has 0 aromatic rings. The summed E-state index contributed by atoms with van der Waals surface area (Å²) < 4.78 is 59.6. The van der Waals surface area contributed by atoms with E-state index in [1.807, 2.05) is 0 Å². The second-order valence-electron chi connectivity index (χ2n) is 7.15. The van der Waals surface area contributed by atoms with Crippen LogP contribution in [0, 0.1) is 0 Å². The lowest BCUT2D eigenvalue weighted by atomic mass is 10.6. The maximum atomic E-state index is 10.6. The SMILES string of the molecule is CC(=O)OCCOCCOCCOCCOCCOCCOCCOCCOCCOCCOCCI. The van der Waals surface area contributed by atoms with Gasteiger partial charge in [-0.3, -0.25) is 4.79 Å². The molecule has 0 saturated heterocycles. The van der Waals surface area contributed by atoms with Gasteiger partial charge in [-0.25, -0.2) is 0 Å². The monoisotopic (exact) mass is 654 g/mol. The number of alkyl halides is 1. The molecule has 37 heavy (non-hydrogen) atoms. The lowest BCUT2D eigenvalue weighted by molar-refractivity contribution is -0.142. The van der Waals surface area contributed by atoms with Gasteiger partial charge in [-0.15, -0.1) is 0 Å². The summed E-state index contributed by atoms with van der Waals surface area (Å²) in [6.45, 7) is 12.1. The molecular formula is C24H47IO12. The first-order chi connectivity index (χ1) is 18.3. The second kappa shape index (κ2) is 33.8. The number of hydrogen-bond acceptors (Lipinski definition) is 12. The summed E-state index contributed by atoms with van der Waals surface area (Å²) in [7, 11) is 0. The van der Waals surface area contributed by atoms with Crippen LogP contribution in [-0.2, 0) is 56.9 Å². The fourth-order valence-corrected chi connectivity index (χ4v) is 2.69. The normalized spacial score (nSPS) is 11.3. The van der Waals surface area contributed by atoms with Crippen LogP contribution in [0.5, 0.6) is 0 Å². The highest BCUT2D eigenvalue weighted by molar-refractivity contribution is 14.1. The summed E-state index contributed by atoms with van der Waals surface area (Å²) in [6.07, 6.45) is 0. The lowest BCUT2D eigenvalue weighted by Crippen LogP contribution is -2.15. The van der Waals surface area contributed by atoms with Crippen molar-refractivity contribution in [1.29, 1.82) is 0 Å². The van der Waals surface area contributed by atoms with Gasteiger partial charge in [0.15, 0.2) is 0 Å². The Balaban J connectivity index is 3.02. The molecule has 13 heteroatoms. The van der Waals surface area contributed by atoms with Crippen LogP contribution in [0.25, 0.3) is 0 Å². The van der Waals surface area contributed by atoms with Gasteiger partial charge in [0, 0.05) is 11.4 Å². The molecule has 0 unspecified atom stereocenters. The van der Waals surface area contributed by atoms with Gasteiger partial charge >= 0.3 is 5.97 Å². The van der Waals surface area contributed by atoms with Crippen molar-refractivity contribution in [2.24, 2.45) is 0 Å². The van der Waals surface area contributed by atoms with Crippen LogP contribution in [0.4, 0.5) is 0 Å². The Hall–Kier alpha value is -0.200. The zero-order chi connectivity index (χ0) is 26.9.